The van der Waals surface area contributed by atoms with E-state index in [1.54, 1.807) is 0 Å². The lowest BCUT2D eigenvalue weighted by molar-refractivity contribution is -0.159. The van der Waals surface area contributed by atoms with Gasteiger partial charge in [0, 0.05) is 0 Å². The van der Waals surface area contributed by atoms with Crippen LogP contribution < -0.4 is 0 Å². The minimum absolute atomic E-state index is 0.123. The lowest BCUT2D eigenvalue weighted by Gasteiger charge is -2.16. The maximum Gasteiger partial charge on any atom is 0.309 e. The van der Waals surface area contributed by atoms with Crippen LogP contribution >= 0.6 is 0 Å². The summed E-state index contributed by atoms with van der Waals surface area (Å²) in [4.78, 5) is 23.3. The summed E-state index contributed by atoms with van der Waals surface area (Å²) in [5, 5.41) is 0. The Labute approximate surface area is 108 Å². The highest BCUT2D eigenvalue weighted by Crippen LogP contribution is 2.33. The van der Waals surface area contributed by atoms with Gasteiger partial charge in [-0.3, -0.25) is 9.59 Å². The Hall–Kier alpha value is -1.10. The highest BCUT2D eigenvalue weighted by molar-refractivity contribution is 5.82. The predicted octanol–water partition coefficient (Wildman–Crippen LogP) is 1.54. The highest BCUT2D eigenvalue weighted by Gasteiger charge is 2.39. The van der Waals surface area contributed by atoms with Crippen molar-refractivity contribution in [3.63, 3.8) is 0 Å². The third-order valence-electron chi connectivity index (χ3n) is 3.10. The van der Waals surface area contributed by atoms with Gasteiger partial charge in [0.05, 0.1) is 31.7 Å². The molecule has 1 aliphatic rings. The van der Waals surface area contributed by atoms with E-state index in [1.165, 1.54) is 7.11 Å². The van der Waals surface area contributed by atoms with Crippen LogP contribution in [0.5, 0.6) is 0 Å². The quantitative estimate of drug-likeness (QED) is 0.534. The lowest BCUT2D eigenvalue weighted by atomic mass is 9.96. The zero-order valence-corrected chi connectivity index (χ0v) is 11.3. The van der Waals surface area contributed by atoms with Crippen molar-refractivity contribution in [3.8, 4) is 0 Å². The molecule has 0 radical (unpaired) electrons. The number of hydrogen-bond acceptors (Lipinski definition) is 5. The fraction of sp³-hybridized carbons (Fsp3) is 0.846. The maximum atomic E-state index is 11.8. The van der Waals surface area contributed by atoms with Gasteiger partial charge in [0.25, 0.3) is 0 Å². The van der Waals surface area contributed by atoms with Crippen LogP contribution in [0.2, 0.25) is 0 Å². The molecule has 0 amide bonds. The van der Waals surface area contributed by atoms with Crippen molar-refractivity contribution < 1.29 is 23.8 Å². The van der Waals surface area contributed by atoms with Crippen molar-refractivity contribution >= 4 is 11.9 Å². The molecule has 5 nitrogen and oxygen atoms in total. The average Bonchev–Trinajstić information content (AvgIpc) is 2.82. The van der Waals surface area contributed by atoms with Gasteiger partial charge in [-0.25, -0.2) is 0 Å². The van der Waals surface area contributed by atoms with Gasteiger partial charge >= 0.3 is 11.9 Å². The summed E-state index contributed by atoms with van der Waals surface area (Å²) >= 11 is 0. The molecule has 2 atom stereocenters. The third kappa shape index (κ3) is 4.29. The molecule has 1 fully saturated rings. The highest BCUT2D eigenvalue weighted by atomic mass is 16.6. The number of esters is 2. The minimum atomic E-state index is -0.350. The lowest BCUT2D eigenvalue weighted by Crippen LogP contribution is -2.28. The number of carbonyl (C=O) groups excluding carboxylic acids is 2. The summed E-state index contributed by atoms with van der Waals surface area (Å²) in [6.45, 7) is 4.47. The molecule has 0 heterocycles. The van der Waals surface area contributed by atoms with Gasteiger partial charge in [-0.15, -0.1) is 0 Å². The van der Waals surface area contributed by atoms with Crippen LogP contribution in [0.3, 0.4) is 0 Å². The summed E-state index contributed by atoms with van der Waals surface area (Å²) in [6.07, 6.45) is 2.39. The van der Waals surface area contributed by atoms with E-state index < -0.39 is 0 Å². The molecule has 0 aromatic carbocycles. The molecule has 0 aliphatic heterocycles. The maximum absolute atomic E-state index is 11.8. The minimum Gasteiger partial charge on any atom is -0.469 e. The van der Waals surface area contributed by atoms with E-state index in [0.717, 1.165) is 6.42 Å². The van der Waals surface area contributed by atoms with Gasteiger partial charge in [-0.05, 0) is 26.7 Å². The molecular weight excluding hydrogens is 236 g/mol. The Morgan fingerprint density at radius 1 is 1.11 bits per heavy atom. The zero-order chi connectivity index (χ0) is 13.5. The second-order valence-electron chi connectivity index (χ2n) is 4.75. The molecule has 0 N–H and O–H groups in total. The van der Waals surface area contributed by atoms with Crippen molar-refractivity contribution in [2.45, 2.75) is 39.2 Å². The normalized spacial score (nSPS) is 23.1. The Bertz CT molecular complexity index is 287. The fourth-order valence-corrected chi connectivity index (χ4v) is 2.21. The summed E-state index contributed by atoms with van der Waals surface area (Å²) in [6, 6.07) is 0. The van der Waals surface area contributed by atoms with Crippen molar-refractivity contribution in [1.29, 1.82) is 0 Å². The van der Waals surface area contributed by atoms with E-state index in [-0.39, 0.29) is 36.5 Å². The summed E-state index contributed by atoms with van der Waals surface area (Å²) < 4.78 is 15.1. The van der Waals surface area contributed by atoms with Crippen molar-refractivity contribution in [2.75, 3.05) is 20.3 Å². The predicted molar refractivity (Wildman–Crippen MR) is 64.9 cm³/mol. The third-order valence-corrected chi connectivity index (χ3v) is 3.10. The molecule has 0 aromatic heterocycles. The van der Waals surface area contributed by atoms with E-state index in [4.69, 9.17) is 14.2 Å². The van der Waals surface area contributed by atoms with Crippen LogP contribution in [0.25, 0.3) is 0 Å². The molecular formula is C13H22O5. The number of hydrogen-bond donors (Lipinski definition) is 0. The van der Waals surface area contributed by atoms with Crippen LogP contribution in [-0.2, 0) is 23.8 Å². The first-order valence-electron chi connectivity index (χ1n) is 6.42. The van der Waals surface area contributed by atoms with E-state index >= 15 is 0 Å². The molecule has 0 saturated heterocycles. The standard InChI is InChI=1S/C13H22O5/c1-9(2)17-7-8-18-13(15)11-6-4-5-10(11)12(14)16-3/h9-11H,4-8H2,1-3H3/t10-,11+/m1/s1. The molecule has 1 rings (SSSR count). The number of methoxy groups -OCH3 is 1. The first-order valence-corrected chi connectivity index (χ1v) is 6.42. The second kappa shape index (κ2) is 7.36. The van der Waals surface area contributed by atoms with E-state index in [9.17, 15) is 9.59 Å². The van der Waals surface area contributed by atoms with E-state index in [0.29, 0.717) is 19.4 Å². The monoisotopic (exact) mass is 258 g/mol. The zero-order valence-electron chi connectivity index (χ0n) is 11.3. The Morgan fingerprint density at radius 3 is 2.28 bits per heavy atom. The van der Waals surface area contributed by atoms with Crippen molar-refractivity contribution in [1.82, 2.24) is 0 Å². The first-order chi connectivity index (χ1) is 8.56. The van der Waals surface area contributed by atoms with Gasteiger partial charge in [0.1, 0.15) is 6.61 Å². The molecule has 1 aliphatic carbocycles. The molecule has 0 spiro atoms. The van der Waals surface area contributed by atoms with Crippen LogP contribution in [-0.4, -0.2) is 38.4 Å². The number of ether oxygens (including phenoxy) is 3. The smallest absolute Gasteiger partial charge is 0.309 e. The van der Waals surface area contributed by atoms with Crippen LogP contribution in [0, 0.1) is 11.8 Å². The van der Waals surface area contributed by atoms with E-state index in [2.05, 4.69) is 0 Å². The Kier molecular flexibility index (Phi) is 6.12. The number of rotatable bonds is 6. The Morgan fingerprint density at radius 2 is 1.72 bits per heavy atom. The molecule has 0 aromatic rings. The largest absolute Gasteiger partial charge is 0.469 e. The van der Waals surface area contributed by atoms with Crippen LogP contribution in [0.15, 0.2) is 0 Å². The molecule has 104 valence electrons. The molecule has 0 unspecified atom stereocenters. The topological polar surface area (TPSA) is 61.8 Å². The van der Waals surface area contributed by atoms with Gasteiger partial charge in [0.15, 0.2) is 0 Å². The van der Waals surface area contributed by atoms with Gasteiger partial charge in [-0.1, -0.05) is 6.42 Å². The first kappa shape index (κ1) is 15.0. The molecule has 0 bridgehead atoms. The van der Waals surface area contributed by atoms with Gasteiger partial charge in [0.2, 0.25) is 0 Å². The number of carbonyl (C=O) groups is 2. The van der Waals surface area contributed by atoms with Crippen LogP contribution in [0.1, 0.15) is 33.1 Å². The summed E-state index contributed by atoms with van der Waals surface area (Å²) in [7, 11) is 1.35. The van der Waals surface area contributed by atoms with Gasteiger partial charge in [-0.2, -0.15) is 0 Å². The molecule has 5 heteroatoms. The van der Waals surface area contributed by atoms with Crippen molar-refractivity contribution in [3.05, 3.63) is 0 Å². The summed E-state index contributed by atoms with van der Waals surface area (Å²) in [5.74, 6) is -1.31. The second-order valence-corrected chi connectivity index (χ2v) is 4.75. The van der Waals surface area contributed by atoms with Crippen molar-refractivity contribution in [2.24, 2.45) is 11.8 Å². The molecule has 18 heavy (non-hydrogen) atoms. The van der Waals surface area contributed by atoms with Crippen LogP contribution in [0.4, 0.5) is 0 Å². The van der Waals surface area contributed by atoms with Gasteiger partial charge < -0.3 is 14.2 Å². The average molecular weight is 258 g/mol. The van der Waals surface area contributed by atoms with E-state index in [1.807, 2.05) is 13.8 Å². The fourth-order valence-electron chi connectivity index (χ4n) is 2.21. The summed E-state index contributed by atoms with van der Waals surface area (Å²) in [5.41, 5.74) is 0. The molecule has 1 saturated carbocycles. The Balaban J connectivity index is 2.34. The SMILES string of the molecule is COC(=O)[C@@H]1CCC[C@@H]1C(=O)OCCOC(C)C.